The molecule has 0 bridgehead atoms. The zero-order chi connectivity index (χ0) is 18.0. The molecule has 1 aromatic carbocycles. The molecule has 0 saturated heterocycles. The summed E-state index contributed by atoms with van der Waals surface area (Å²) in [5.74, 6) is 0.332. The third-order valence-corrected chi connectivity index (χ3v) is 5.72. The molecule has 0 fully saturated rings. The minimum atomic E-state index is -0.170. The van der Waals surface area contributed by atoms with Crippen molar-refractivity contribution in [1.29, 1.82) is 0 Å². The second-order valence-corrected chi connectivity index (χ2v) is 8.10. The highest BCUT2D eigenvalue weighted by Crippen LogP contribution is 2.43. The standard InChI is InChI=1S/C20H25N3OS/c1-5-23-17-9-8-15(11-16(17)14(2)12-20(23,3)4)13-21-22-19(24)18-7-6-10-25-18/h6-11,13-14H,5,12H2,1-4H3,(H,22,24)/b21-13+. The van der Waals surface area contributed by atoms with E-state index in [1.54, 1.807) is 12.3 Å². The molecule has 1 aromatic heterocycles. The van der Waals surface area contributed by atoms with E-state index in [4.69, 9.17) is 0 Å². The van der Waals surface area contributed by atoms with E-state index in [9.17, 15) is 4.79 Å². The first-order valence-corrected chi connectivity index (χ1v) is 9.59. The molecule has 0 aliphatic carbocycles. The molecule has 25 heavy (non-hydrogen) atoms. The number of fused-ring (bicyclic) bond motifs is 1. The van der Waals surface area contributed by atoms with Gasteiger partial charge in [-0.25, -0.2) is 5.43 Å². The van der Waals surface area contributed by atoms with Gasteiger partial charge in [0.25, 0.3) is 5.91 Å². The average Bonchev–Trinajstić information content (AvgIpc) is 3.09. The van der Waals surface area contributed by atoms with Crippen molar-refractivity contribution in [2.24, 2.45) is 5.10 Å². The minimum absolute atomic E-state index is 0.170. The number of nitrogens with one attached hydrogen (secondary N) is 1. The van der Waals surface area contributed by atoms with Gasteiger partial charge in [-0.1, -0.05) is 19.1 Å². The van der Waals surface area contributed by atoms with Crippen molar-refractivity contribution in [3.8, 4) is 0 Å². The smallest absolute Gasteiger partial charge is 0.281 e. The molecule has 0 spiro atoms. The van der Waals surface area contributed by atoms with Gasteiger partial charge in [0.15, 0.2) is 0 Å². The molecule has 0 radical (unpaired) electrons. The van der Waals surface area contributed by atoms with Crippen LogP contribution in [0.2, 0.25) is 0 Å². The van der Waals surface area contributed by atoms with Gasteiger partial charge in [-0.15, -0.1) is 11.3 Å². The van der Waals surface area contributed by atoms with Crippen LogP contribution in [-0.2, 0) is 0 Å². The Kier molecular flexibility index (Phi) is 4.95. The normalized spacial score (nSPS) is 19.0. The van der Waals surface area contributed by atoms with E-state index < -0.39 is 0 Å². The summed E-state index contributed by atoms with van der Waals surface area (Å²) in [4.78, 5) is 15.1. The Balaban J connectivity index is 1.78. The van der Waals surface area contributed by atoms with Gasteiger partial charge in [0.2, 0.25) is 0 Å². The summed E-state index contributed by atoms with van der Waals surface area (Å²) in [7, 11) is 0. The van der Waals surface area contributed by atoms with Gasteiger partial charge < -0.3 is 4.90 Å². The largest absolute Gasteiger partial charge is 0.366 e. The van der Waals surface area contributed by atoms with Crippen LogP contribution in [0.5, 0.6) is 0 Å². The zero-order valence-corrected chi connectivity index (χ0v) is 16.1. The van der Waals surface area contributed by atoms with Gasteiger partial charge >= 0.3 is 0 Å². The van der Waals surface area contributed by atoms with Crippen LogP contribution in [0, 0.1) is 0 Å². The summed E-state index contributed by atoms with van der Waals surface area (Å²) in [6, 6.07) is 10.1. The van der Waals surface area contributed by atoms with Crippen molar-refractivity contribution in [3.05, 3.63) is 51.7 Å². The van der Waals surface area contributed by atoms with Crippen LogP contribution in [-0.4, -0.2) is 24.2 Å². The first-order chi connectivity index (χ1) is 11.9. The highest BCUT2D eigenvalue weighted by atomic mass is 32.1. The Labute approximate surface area is 153 Å². The number of rotatable bonds is 4. The second kappa shape index (κ2) is 7.00. The van der Waals surface area contributed by atoms with E-state index in [-0.39, 0.29) is 11.4 Å². The summed E-state index contributed by atoms with van der Waals surface area (Å²) in [5.41, 5.74) is 6.44. The van der Waals surface area contributed by atoms with Crippen LogP contribution < -0.4 is 10.3 Å². The number of carbonyl (C=O) groups is 1. The first-order valence-electron chi connectivity index (χ1n) is 8.71. The van der Waals surface area contributed by atoms with Crippen LogP contribution in [0.25, 0.3) is 0 Å². The predicted octanol–water partition coefficient (Wildman–Crippen LogP) is 4.62. The van der Waals surface area contributed by atoms with Crippen LogP contribution >= 0.6 is 11.3 Å². The first kappa shape index (κ1) is 17.7. The van der Waals surface area contributed by atoms with E-state index in [0.29, 0.717) is 10.8 Å². The van der Waals surface area contributed by atoms with Gasteiger partial charge in [0, 0.05) is 17.8 Å². The number of hydrogen-bond acceptors (Lipinski definition) is 4. The molecule has 1 N–H and O–H groups in total. The molecule has 3 rings (SSSR count). The molecular weight excluding hydrogens is 330 g/mol. The van der Waals surface area contributed by atoms with E-state index in [1.165, 1.54) is 22.6 Å². The second-order valence-electron chi connectivity index (χ2n) is 7.16. The number of hydrogen-bond donors (Lipinski definition) is 1. The summed E-state index contributed by atoms with van der Waals surface area (Å²) in [5, 5.41) is 5.99. The predicted molar refractivity (Wildman–Crippen MR) is 106 cm³/mol. The lowest BCUT2D eigenvalue weighted by atomic mass is 9.79. The van der Waals surface area contributed by atoms with Crippen LogP contribution in [0.4, 0.5) is 5.69 Å². The van der Waals surface area contributed by atoms with E-state index in [0.717, 1.165) is 18.5 Å². The van der Waals surface area contributed by atoms with Crippen LogP contribution in [0.15, 0.2) is 40.8 Å². The average molecular weight is 356 g/mol. The Morgan fingerprint density at radius 2 is 2.24 bits per heavy atom. The summed E-state index contributed by atoms with van der Waals surface area (Å²) in [6.45, 7) is 10.1. The lowest BCUT2D eigenvalue weighted by Gasteiger charge is -2.47. The summed E-state index contributed by atoms with van der Waals surface area (Å²) >= 11 is 1.41. The number of benzene rings is 1. The Morgan fingerprint density at radius 3 is 2.92 bits per heavy atom. The molecule has 0 saturated carbocycles. The molecule has 4 nitrogen and oxygen atoms in total. The highest BCUT2D eigenvalue weighted by molar-refractivity contribution is 7.12. The molecular formula is C20H25N3OS. The molecule has 2 aromatic rings. The summed E-state index contributed by atoms with van der Waals surface area (Å²) < 4.78 is 0. The maximum absolute atomic E-state index is 11.9. The monoisotopic (exact) mass is 355 g/mol. The number of hydrazone groups is 1. The third-order valence-electron chi connectivity index (χ3n) is 4.85. The molecule has 132 valence electrons. The lowest BCUT2D eigenvalue weighted by molar-refractivity contribution is 0.0959. The fourth-order valence-electron chi connectivity index (χ4n) is 3.82. The fourth-order valence-corrected chi connectivity index (χ4v) is 4.43. The number of amides is 1. The molecule has 1 aliphatic rings. The van der Waals surface area contributed by atoms with Crippen molar-refractivity contribution < 1.29 is 4.79 Å². The maximum atomic E-state index is 11.9. The SMILES string of the molecule is CCN1c2ccc(/C=N/NC(=O)c3cccs3)cc2C(C)CC1(C)C. The number of nitrogens with zero attached hydrogens (tertiary/aromatic N) is 2. The van der Waals surface area contributed by atoms with Crippen molar-refractivity contribution >= 4 is 29.1 Å². The van der Waals surface area contributed by atoms with Gasteiger partial charge in [-0.3, -0.25) is 4.79 Å². The molecule has 1 aliphatic heterocycles. The number of thiophene rings is 1. The van der Waals surface area contributed by atoms with Gasteiger partial charge in [-0.2, -0.15) is 5.10 Å². The van der Waals surface area contributed by atoms with E-state index >= 15 is 0 Å². The van der Waals surface area contributed by atoms with Gasteiger partial charge in [0.1, 0.15) is 0 Å². The van der Waals surface area contributed by atoms with Crippen LogP contribution in [0.3, 0.4) is 0 Å². The Morgan fingerprint density at radius 1 is 1.44 bits per heavy atom. The maximum Gasteiger partial charge on any atom is 0.281 e. The van der Waals surface area contributed by atoms with E-state index in [2.05, 4.69) is 61.3 Å². The van der Waals surface area contributed by atoms with Gasteiger partial charge in [0.05, 0.1) is 11.1 Å². The molecule has 5 heteroatoms. The van der Waals surface area contributed by atoms with Crippen molar-refractivity contribution in [2.75, 3.05) is 11.4 Å². The van der Waals surface area contributed by atoms with Crippen molar-refractivity contribution in [1.82, 2.24) is 5.43 Å². The van der Waals surface area contributed by atoms with Crippen molar-refractivity contribution in [3.63, 3.8) is 0 Å². The quantitative estimate of drug-likeness (QED) is 0.642. The van der Waals surface area contributed by atoms with Gasteiger partial charge in [-0.05, 0) is 67.8 Å². The minimum Gasteiger partial charge on any atom is -0.366 e. The molecule has 1 atom stereocenters. The molecule has 1 unspecified atom stereocenters. The topological polar surface area (TPSA) is 44.7 Å². The lowest BCUT2D eigenvalue weighted by Crippen LogP contribution is -2.48. The third kappa shape index (κ3) is 3.61. The van der Waals surface area contributed by atoms with E-state index in [1.807, 2.05) is 11.4 Å². The Bertz CT molecular complexity index is 780. The number of anilines is 1. The summed E-state index contributed by atoms with van der Waals surface area (Å²) in [6.07, 6.45) is 2.85. The highest BCUT2D eigenvalue weighted by Gasteiger charge is 2.35. The molecule has 2 heterocycles. The number of carbonyl (C=O) groups excluding carboxylic acids is 1. The van der Waals surface area contributed by atoms with Crippen molar-refractivity contribution in [2.45, 2.75) is 45.6 Å². The van der Waals surface area contributed by atoms with Crippen LogP contribution in [0.1, 0.15) is 60.8 Å². The zero-order valence-electron chi connectivity index (χ0n) is 15.2. The Hall–Kier alpha value is -2.14. The fraction of sp³-hybridized carbons (Fsp3) is 0.400. The molecule has 1 amide bonds.